The zero-order chi connectivity index (χ0) is 20.8. The van der Waals surface area contributed by atoms with Crippen molar-refractivity contribution in [1.29, 1.82) is 0 Å². The summed E-state index contributed by atoms with van der Waals surface area (Å²) in [6, 6.07) is 17.4. The second kappa shape index (κ2) is 9.87. The highest BCUT2D eigenvalue weighted by atomic mass is 32.1. The Kier molecular flexibility index (Phi) is 6.77. The Morgan fingerprint density at radius 2 is 1.97 bits per heavy atom. The Morgan fingerprint density at radius 3 is 2.70 bits per heavy atom. The molecule has 1 fully saturated rings. The number of aromatic nitrogens is 1. The Morgan fingerprint density at radius 1 is 1.17 bits per heavy atom. The first-order valence-electron chi connectivity index (χ1n) is 10.4. The number of carbonyl (C=O) groups is 1. The van der Waals surface area contributed by atoms with Crippen LogP contribution in [0.15, 0.2) is 60.8 Å². The minimum atomic E-state index is -0.0843. The monoisotopic (exact) mass is 421 g/mol. The van der Waals surface area contributed by atoms with Gasteiger partial charge >= 0.3 is 0 Å². The lowest BCUT2D eigenvalue weighted by Crippen LogP contribution is -2.37. The van der Waals surface area contributed by atoms with E-state index in [-0.39, 0.29) is 12.0 Å². The molecule has 0 aliphatic carbocycles. The van der Waals surface area contributed by atoms with E-state index in [1.165, 1.54) is 4.88 Å². The van der Waals surface area contributed by atoms with E-state index in [0.717, 1.165) is 48.8 Å². The molecule has 1 aliphatic rings. The third-order valence-electron chi connectivity index (χ3n) is 5.28. The molecule has 2 heterocycles. The topological polar surface area (TPSA) is 54.5 Å². The van der Waals surface area contributed by atoms with Gasteiger partial charge in [-0.1, -0.05) is 36.4 Å². The van der Waals surface area contributed by atoms with Gasteiger partial charge in [-0.05, 0) is 43.5 Å². The summed E-state index contributed by atoms with van der Waals surface area (Å²) >= 11 is 1.77. The second-order valence-electron chi connectivity index (χ2n) is 7.64. The molecule has 156 valence electrons. The van der Waals surface area contributed by atoms with E-state index in [0.29, 0.717) is 12.1 Å². The van der Waals surface area contributed by atoms with E-state index in [1.807, 2.05) is 67.7 Å². The lowest BCUT2D eigenvalue weighted by Gasteiger charge is -2.31. The van der Waals surface area contributed by atoms with Crippen molar-refractivity contribution in [2.24, 2.45) is 0 Å². The SMILES string of the molecule is Cc1ncc(CN2CCC(Oc3cccc(C(=O)NCc4ccccc4)c3)CC2)s1. The standard InChI is InChI=1S/C24H27N3O2S/c1-18-25-16-23(30-18)17-27-12-10-21(11-13-27)29-22-9-5-8-20(14-22)24(28)26-15-19-6-3-2-4-7-19/h2-9,14,16,21H,10-13,15,17H2,1H3,(H,26,28). The van der Waals surface area contributed by atoms with Gasteiger partial charge in [0.1, 0.15) is 11.9 Å². The molecule has 0 spiro atoms. The van der Waals surface area contributed by atoms with Gasteiger partial charge in [0.25, 0.3) is 5.91 Å². The maximum atomic E-state index is 12.5. The van der Waals surface area contributed by atoms with Crippen molar-refractivity contribution in [3.63, 3.8) is 0 Å². The molecule has 0 atom stereocenters. The number of hydrogen-bond acceptors (Lipinski definition) is 5. The summed E-state index contributed by atoms with van der Waals surface area (Å²) < 4.78 is 6.20. The number of piperidine rings is 1. The van der Waals surface area contributed by atoms with Gasteiger partial charge in [0.2, 0.25) is 0 Å². The van der Waals surface area contributed by atoms with Crippen LogP contribution in [0.2, 0.25) is 0 Å². The van der Waals surface area contributed by atoms with Crippen LogP contribution in [0.3, 0.4) is 0 Å². The van der Waals surface area contributed by atoms with Gasteiger partial charge < -0.3 is 10.1 Å². The van der Waals surface area contributed by atoms with E-state index < -0.39 is 0 Å². The average molecular weight is 422 g/mol. The fourth-order valence-corrected chi connectivity index (χ4v) is 4.50. The summed E-state index contributed by atoms with van der Waals surface area (Å²) in [7, 11) is 0. The van der Waals surface area contributed by atoms with Crippen LogP contribution in [0.4, 0.5) is 0 Å². The smallest absolute Gasteiger partial charge is 0.251 e. The second-order valence-corrected chi connectivity index (χ2v) is 8.95. The molecule has 1 N–H and O–H groups in total. The highest BCUT2D eigenvalue weighted by Gasteiger charge is 2.21. The molecule has 5 nitrogen and oxygen atoms in total. The molecular weight excluding hydrogens is 394 g/mol. The number of ether oxygens (including phenoxy) is 1. The Balaban J connectivity index is 1.26. The molecular formula is C24H27N3O2S. The van der Waals surface area contributed by atoms with Crippen molar-refractivity contribution >= 4 is 17.2 Å². The first-order valence-corrected chi connectivity index (χ1v) is 11.2. The van der Waals surface area contributed by atoms with E-state index >= 15 is 0 Å². The number of nitrogens with zero attached hydrogens (tertiary/aromatic N) is 2. The Labute approximate surface area is 181 Å². The van der Waals surface area contributed by atoms with Crippen LogP contribution < -0.4 is 10.1 Å². The van der Waals surface area contributed by atoms with Gasteiger partial charge in [-0.2, -0.15) is 0 Å². The van der Waals surface area contributed by atoms with E-state index in [4.69, 9.17) is 4.74 Å². The van der Waals surface area contributed by atoms with Crippen LogP contribution in [0, 0.1) is 6.92 Å². The van der Waals surface area contributed by atoms with Gasteiger partial charge in [-0.15, -0.1) is 11.3 Å². The molecule has 6 heteroatoms. The number of thiazole rings is 1. The summed E-state index contributed by atoms with van der Waals surface area (Å²) in [5.74, 6) is 0.679. The molecule has 0 bridgehead atoms. The molecule has 1 aliphatic heterocycles. The summed E-state index contributed by atoms with van der Waals surface area (Å²) in [5.41, 5.74) is 1.71. The number of hydrogen-bond donors (Lipinski definition) is 1. The maximum absolute atomic E-state index is 12.5. The molecule has 1 aromatic heterocycles. The fraction of sp³-hybridized carbons (Fsp3) is 0.333. The number of benzene rings is 2. The van der Waals surface area contributed by atoms with Crippen LogP contribution >= 0.6 is 11.3 Å². The molecule has 0 unspecified atom stereocenters. The van der Waals surface area contributed by atoms with Crippen molar-refractivity contribution in [2.75, 3.05) is 13.1 Å². The first-order chi connectivity index (χ1) is 14.7. The number of likely N-dealkylation sites (tertiary alicyclic amines) is 1. The van der Waals surface area contributed by atoms with Crippen LogP contribution in [-0.4, -0.2) is 35.0 Å². The summed E-state index contributed by atoms with van der Waals surface area (Å²) in [4.78, 5) is 20.6. The van der Waals surface area contributed by atoms with E-state index in [9.17, 15) is 4.79 Å². The zero-order valence-corrected chi connectivity index (χ0v) is 18.0. The van der Waals surface area contributed by atoms with Crippen LogP contribution in [0.5, 0.6) is 5.75 Å². The van der Waals surface area contributed by atoms with E-state index in [1.54, 1.807) is 11.3 Å². The van der Waals surface area contributed by atoms with Crippen LogP contribution in [0.25, 0.3) is 0 Å². The fourth-order valence-electron chi connectivity index (χ4n) is 3.67. The first kappa shape index (κ1) is 20.6. The minimum absolute atomic E-state index is 0.0843. The number of carbonyl (C=O) groups excluding carboxylic acids is 1. The molecule has 1 amide bonds. The largest absolute Gasteiger partial charge is 0.490 e. The van der Waals surface area contributed by atoms with Crippen LogP contribution in [0.1, 0.15) is 38.6 Å². The molecule has 1 saturated heterocycles. The predicted molar refractivity (Wildman–Crippen MR) is 120 cm³/mol. The highest BCUT2D eigenvalue weighted by Crippen LogP contribution is 2.22. The van der Waals surface area contributed by atoms with Gasteiger partial charge in [-0.25, -0.2) is 4.98 Å². The lowest BCUT2D eigenvalue weighted by atomic mass is 10.1. The minimum Gasteiger partial charge on any atom is -0.490 e. The van der Waals surface area contributed by atoms with Crippen molar-refractivity contribution < 1.29 is 9.53 Å². The van der Waals surface area contributed by atoms with Gasteiger partial charge in [0.05, 0.1) is 5.01 Å². The zero-order valence-electron chi connectivity index (χ0n) is 17.2. The molecule has 30 heavy (non-hydrogen) atoms. The van der Waals surface area contributed by atoms with Gasteiger partial charge in [-0.3, -0.25) is 9.69 Å². The summed E-state index contributed by atoms with van der Waals surface area (Å²) in [6.07, 6.45) is 4.15. The van der Waals surface area contributed by atoms with E-state index in [2.05, 4.69) is 15.2 Å². The number of rotatable bonds is 7. The maximum Gasteiger partial charge on any atom is 0.251 e. The molecule has 0 saturated carbocycles. The lowest BCUT2D eigenvalue weighted by molar-refractivity contribution is 0.0936. The third-order valence-corrected chi connectivity index (χ3v) is 6.18. The van der Waals surface area contributed by atoms with Crippen molar-refractivity contribution in [3.8, 4) is 5.75 Å². The molecule has 4 rings (SSSR count). The Bertz CT molecular complexity index is 965. The quantitative estimate of drug-likeness (QED) is 0.613. The summed E-state index contributed by atoms with van der Waals surface area (Å²) in [5, 5.41) is 4.09. The number of aryl methyl sites for hydroxylation is 1. The van der Waals surface area contributed by atoms with Crippen molar-refractivity contribution in [2.45, 2.75) is 39.0 Å². The average Bonchev–Trinajstić information content (AvgIpc) is 3.19. The van der Waals surface area contributed by atoms with Gasteiger partial charge in [0.15, 0.2) is 0 Å². The third kappa shape index (κ3) is 5.68. The molecule has 0 radical (unpaired) electrons. The number of amides is 1. The number of nitrogens with one attached hydrogen (secondary N) is 1. The Hall–Kier alpha value is -2.70. The highest BCUT2D eigenvalue weighted by molar-refractivity contribution is 7.11. The predicted octanol–water partition coefficient (Wildman–Crippen LogP) is 4.42. The van der Waals surface area contributed by atoms with Crippen LogP contribution in [-0.2, 0) is 13.1 Å². The van der Waals surface area contributed by atoms with Crippen molar-refractivity contribution in [3.05, 3.63) is 81.8 Å². The molecule has 2 aromatic carbocycles. The molecule has 3 aromatic rings. The van der Waals surface area contributed by atoms with Gasteiger partial charge in [0, 0.05) is 42.8 Å². The normalized spacial score (nSPS) is 15.1. The van der Waals surface area contributed by atoms with Crippen molar-refractivity contribution in [1.82, 2.24) is 15.2 Å². The summed E-state index contributed by atoms with van der Waals surface area (Å²) in [6.45, 7) is 5.56.